The van der Waals surface area contributed by atoms with Crippen molar-refractivity contribution in [3.63, 3.8) is 0 Å². The van der Waals surface area contributed by atoms with Crippen molar-refractivity contribution in [1.29, 1.82) is 0 Å². The summed E-state index contributed by atoms with van der Waals surface area (Å²) in [7, 11) is 2.01. The molecule has 2 aromatic rings. The topological polar surface area (TPSA) is 71.1 Å². The summed E-state index contributed by atoms with van der Waals surface area (Å²) < 4.78 is 43.9. The van der Waals surface area contributed by atoms with Gasteiger partial charge in [-0.05, 0) is 29.8 Å². The van der Waals surface area contributed by atoms with E-state index in [0.717, 1.165) is 18.2 Å². The fourth-order valence-corrected chi connectivity index (χ4v) is 2.89. The van der Waals surface area contributed by atoms with E-state index in [0.29, 0.717) is 17.2 Å². The molecule has 23 heavy (non-hydrogen) atoms. The molecule has 2 aromatic carbocycles. The summed E-state index contributed by atoms with van der Waals surface area (Å²) in [6.07, 6.45) is 0. The van der Waals surface area contributed by atoms with Crippen molar-refractivity contribution >= 4 is 10.1 Å². The van der Waals surface area contributed by atoms with E-state index in [1.807, 2.05) is 6.07 Å². The molecule has 6 nitrogen and oxygen atoms in total. The van der Waals surface area contributed by atoms with Crippen molar-refractivity contribution in [2.75, 3.05) is 28.4 Å². The fourth-order valence-electron chi connectivity index (χ4n) is 2.23. The average Bonchev–Trinajstić information content (AvgIpc) is 2.60. The zero-order valence-corrected chi connectivity index (χ0v) is 14.1. The predicted molar refractivity (Wildman–Crippen MR) is 85.7 cm³/mol. The van der Waals surface area contributed by atoms with Gasteiger partial charge in [0.05, 0.1) is 33.3 Å². The molecule has 0 radical (unpaired) electrons. The average molecular weight is 338 g/mol. The zero-order chi connectivity index (χ0) is 17.0. The van der Waals surface area contributed by atoms with Gasteiger partial charge < -0.3 is 14.2 Å². The van der Waals surface area contributed by atoms with Crippen LogP contribution in [0.4, 0.5) is 0 Å². The minimum Gasteiger partial charge on any atom is -0.493 e. The maximum Gasteiger partial charge on any atom is 0.296 e. The van der Waals surface area contributed by atoms with Crippen molar-refractivity contribution in [1.82, 2.24) is 0 Å². The van der Waals surface area contributed by atoms with Crippen LogP contribution in [0.25, 0.3) is 11.1 Å². The number of methoxy groups -OCH3 is 3. The molecule has 0 aliphatic carbocycles. The molecule has 0 atom stereocenters. The molecule has 0 aliphatic rings. The van der Waals surface area contributed by atoms with Gasteiger partial charge in [-0.15, -0.1) is 0 Å². The van der Waals surface area contributed by atoms with Crippen LogP contribution < -0.4 is 14.2 Å². The second-order valence-electron chi connectivity index (χ2n) is 4.53. The highest BCUT2D eigenvalue weighted by Gasteiger charge is 2.18. The molecule has 0 bridgehead atoms. The Morgan fingerprint density at radius 1 is 0.739 bits per heavy atom. The second kappa shape index (κ2) is 6.89. The van der Waals surface area contributed by atoms with Gasteiger partial charge in [0.25, 0.3) is 10.1 Å². The van der Waals surface area contributed by atoms with Crippen LogP contribution in [0.3, 0.4) is 0 Å². The smallest absolute Gasteiger partial charge is 0.296 e. The first kappa shape index (κ1) is 17.1. The van der Waals surface area contributed by atoms with Crippen molar-refractivity contribution in [2.24, 2.45) is 0 Å². The van der Waals surface area contributed by atoms with Crippen LogP contribution in [0.5, 0.6) is 17.2 Å². The minimum absolute atomic E-state index is 0.0863. The molecule has 0 fully saturated rings. The van der Waals surface area contributed by atoms with Crippen molar-refractivity contribution in [3.05, 3.63) is 36.4 Å². The third-order valence-corrected chi connectivity index (χ3v) is 4.67. The van der Waals surface area contributed by atoms with Crippen molar-refractivity contribution in [2.45, 2.75) is 4.90 Å². The molecule has 7 heteroatoms. The van der Waals surface area contributed by atoms with Gasteiger partial charge in [0.2, 0.25) is 5.75 Å². The third-order valence-electron chi connectivity index (χ3n) is 3.38. The molecule has 0 heterocycles. The predicted octanol–water partition coefficient (Wildman–Crippen LogP) is 2.71. The highest BCUT2D eigenvalue weighted by Crippen LogP contribution is 2.44. The molecule has 0 aliphatic heterocycles. The number of benzene rings is 2. The van der Waals surface area contributed by atoms with E-state index in [1.54, 1.807) is 25.3 Å². The first-order valence-corrected chi connectivity index (χ1v) is 8.09. The maximum atomic E-state index is 11.7. The molecular weight excluding hydrogens is 320 g/mol. The Bertz CT molecular complexity index is 781. The Morgan fingerprint density at radius 3 is 1.83 bits per heavy atom. The Kier molecular flexibility index (Phi) is 5.12. The van der Waals surface area contributed by atoms with Gasteiger partial charge in [-0.25, -0.2) is 0 Å². The van der Waals surface area contributed by atoms with Crippen LogP contribution in [-0.4, -0.2) is 36.9 Å². The van der Waals surface area contributed by atoms with Gasteiger partial charge in [0, 0.05) is 5.56 Å². The molecular formula is C16H18O6S. The molecule has 0 N–H and O–H groups in total. The first-order valence-electron chi connectivity index (χ1n) is 6.68. The monoisotopic (exact) mass is 338 g/mol. The van der Waals surface area contributed by atoms with E-state index < -0.39 is 10.1 Å². The summed E-state index contributed by atoms with van der Waals surface area (Å²) in [5.41, 5.74) is 1.53. The van der Waals surface area contributed by atoms with E-state index in [9.17, 15) is 8.42 Å². The van der Waals surface area contributed by atoms with Gasteiger partial charge in [-0.1, -0.05) is 12.1 Å². The van der Waals surface area contributed by atoms with E-state index in [4.69, 9.17) is 14.2 Å². The fraction of sp³-hybridized carbons (Fsp3) is 0.250. The molecule has 0 saturated heterocycles. The van der Waals surface area contributed by atoms with E-state index in [2.05, 4.69) is 4.18 Å². The summed E-state index contributed by atoms with van der Waals surface area (Å²) >= 11 is 0. The van der Waals surface area contributed by atoms with Crippen LogP contribution in [0.2, 0.25) is 0 Å². The van der Waals surface area contributed by atoms with Gasteiger partial charge >= 0.3 is 0 Å². The Labute approximate surface area is 135 Å². The van der Waals surface area contributed by atoms with Gasteiger partial charge in [0.15, 0.2) is 11.5 Å². The Balaban J connectivity index is 2.54. The van der Waals surface area contributed by atoms with Gasteiger partial charge in [-0.2, -0.15) is 8.42 Å². The van der Waals surface area contributed by atoms with Gasteiger partial charge in [0.1, 0.15) is 0 Å². The lowest BCUT2D eigenvalue weighted by Crippen LogP contribution is -2.02. The number of hydrogen-bond donors (Lipinski definition) is 0. The summed E-state index contributed by atoms with van der Waals surface area (Å²) in [6.45, 7) is 0. The van der Waals surface area contributed by atoms with Gasteiger partial charge in [-0.3, -0.25) is 4.18 Å². The van der Waals surface area contributed by atoms with E-state index in [1.165, 1.54) is 26.4 Å². The van der Waals surface area contributed by atoms with Crippen molar-refractivity contribution < 1.29 is 26.8 Å². The minimum atomic E-state index is -3.71. The van der Waals surface area contributed by atoms with Crippen LogP contribution in [0.1, 0.15) is 0 Å². The maximum absolute atomic E-state index is 11.7. The Morgan fingerprint density at radius 2 is 1.35 bits per heavy atom. The number of ether oxygens (including phenoxy) is 3. The normalized spacial score (nSPS) is 11.1. The lowest BCUT2D eigenvalue weighted by molar-refractivity contribution is 0.325. The summed E-state index contributed by atoms with van der Waals surface area (Å²) in [4.78, 5) is 0.0863. The van der Waals surface area contributed by atoms with Crippen LogP contribution in [0.15, 0.2) is 41.3 Å². The molecule has 0 saturated carbocycles. The van der Waals surface area contributed by atoms with E-state index >= 15 is 0 Å². The summed E-state index contributed by atoms with van der Waals surface area (Å²) in [5, 5.41) is 0. The third kappa shape index (κ3) is 3.25. The molecule has 0 unspecified atom stereocenters. The van der Waals surface area contributed by atoms with Crippen LogP contribution in [-0.2, 0) is 14.3 Å². The standard InChI is InChI=1S/C16H18O6S/c1-19-14-10-9-13(15(20-2)16(14)21-3)11-5-7-12(8-6-11)23(17,18)22-4/h5-10H,1-4H3. The Hall–Kier alpha value is -2.25. The summed E-state index contributed by atoms with van der Waals surface area (Å²) in [5.74, 6) is 1.53. The SMILES string of the molecule is COc1ccc(-c2ccc(S(=O)(=O)OC)cc2)c(OC)c1OC. The number of hydrogen-bond acceptors (Lipinski definition) is 6. The molecule has 2 rings (SSSR count). The lowest BCUT2D eigenvalue weighted by atomic mass is 10.0. The largest absolute Gasteiger partial charge is 0.493 e. The van der Waals surface area contributed by atoms with Crippen molar-refractivity contribution in [3.8, 4) is 28.4 Å². The van der Waals surface area contributed by atoms with Crippen LogP contribution >= 0.6 is 0 Å². The molecule has 124 valence electrons. The number of rotatable bonds is 6. The summed E-state index contributed by atoms with van der Waals surface area (Å²) in [6, 6.07) is 9.89. The lowest BCUT2D eigenvalue weighted by Gasteiger charge is -2.16. The van der Waals surface area contributed by atoms with E-state index in [-0.39, 0.29) is 4.90 Å². The van der Waals surface area contributed by atoms with Crippen LogP contribution in [0, 0.1) is 0 Å². The quantitative estimate of drug-likeness (QED) is 0.754. The molecule has 0 spiro atoms. The highest BCUT2D eigenvalue weighted by molar-refractivity contribution is 7.86. The zero-order valence-electron chi connectivity index (χ0n) is 13.3. The first-order chi connectivity index (χ1) is 11.0. The molecule has 0 amide bonds. The second-order valence-corrected chi connectivity index (χ2v) is 6.24. The molecule has 0 aromatic heterocycles. The highest BCUT2D eigenvalue weighted by atomic mass is 32.2.